The van der Waals surface area contributed by atoms with Crippen molar-refractivity contribution in [1.29, 1.82) is 0 Å². The molecule has 1 saturated heterocycles. The van der Waals surface area contributed by atoms with Gasteiger partial charge in [-0.2, -0.15) is 0 Å². The van der Waals surface area contributed by atoms with Gasteiger partial charge in [0.1, 0.15) is 6.04 Å². The summed E-state index contributed by atoms with van der Waals surface area (Å²) in [5, 5.41) is 17.1. The van der Waals surface area contributed by atoms with Gasteiger partial charge >= 0.3 is 5.97 Å². The maximum atomic E-state index is 13.0. The first kappa shape index (κ1) is 34.6. The maximum absolute atomic E-state index is 13.0. The molecule has 1 unspecified atom stereocenters. The van der Waals surface area contributed by atoms with Gasteiger partial charge in [-0.1, -0.05) is 92.5 Å². The second kappa shape index (κ2) is 16.4. The maximum Gasteiger partial charge on any atom is 0.320 e. The normalized spacial score (nSPS) is 19.5. The average molecular weight is 637 g/mol. The molecule has 2 atom stereocenters. The Bertz CT molecular complexity index is 1270. The second-order valence-electron chi connectivity index (χ2n) is 13.8. The van der Waals surface area contributed by atoms with Crippen LogP contribution >= 0.6 is 21.6 Å². The van der Waals surface area contributed by atoms with Crippen LogP contribution in [0.2, 0.25) is 0 Å². The zero-order chi connectivity index (χ0) is 31.6. The SMILES string of the molecule is CC1(C)CCC(C)(C)c2cc(C(=O)/C=C/c3ccc(NCCCCC(NCCCCC[C@@H]4CCSS4)C(=O)O)cc3)ccc21. The molecule has 0 spiro atoms. The third kappa shape index (κ3) is 10.1. The van der Waals surface area contributed by atoms with Gasteiger partial charge in [-0.3, -0.25) is 9.59 Å². The van der Waals surface area contributed by atoms with Gasteiger partial charge < -0.3 is 15.7 Å². The first-order valence-corrected chi connectivity index (χ1v) is 18.9. The monoisotopic (exact) mass is 636 g/mol. The highest BCUT2D eigenvalue weighted by atomic mass is 33.1. The number of carboxylic acids is 1. The van der Waals surface area contributed by atoms with Crippen molar-refractivity contribution in [3.05, 3.63) is 70.8 Å². The summed E-state index contributed by atoms with van der Waals surface area (Å²) in [6.45, 7) is 10.7. The Morgan fingerprint density at radius 2 is 1.66 bits per heavy atom. The molecule has 3 N–H and O–H groups in total. The molecule has 1 fully saturated rings. The number of hydrogen-bond donors (Lipinski definition) is 3. The molecule has 1 aliphatic heterocycles. The minimum Gasteiger partial charge on any atom is -0.480 e. The van der Waals surface area contributed by atoms with Crippen LogP contribution in [0.4, 0.5) is 5.69 Å². The zero-order valence-electron chi connectivity index (χ0n) is 27.1. The van der Waals surface area contributed by atoms with E-state index in [4.69, 9.17) is 0 Å². The molecule has 5 nitrogen and oxygen atoms in total. The average Bonchev–Trinajstić information content (AvgIpc) is 3.52. The van der Waals surface area contributed by atoms with Gasteiger partial charge in [-0.05, 0) is 110 Å². The summed E-state index contributed by atoms with van der Waals surface area (Å²) in [5.41, 5.74) is 5.64. The Labute approximate surface area is 273 Å². The lowest BCUT2D eigenvalue weighted by Crippen LogP contribution is -2.37. The first-order valence-electron chi connectivity index (χ1n) is 16.5. The zero-order valence-corrected chi connectivity index (χ0v) is 28.8. The Hall–Kier alpha value is -2.22. The van der Waals surface area contributed by atoms with Crippen LogP contribution in [0.15, 0.2) is 48.5 Å². The highest BCUT2D eigenvalue weighted by Crippen LogP contribution is 2.46. The summed E-state index contributed by atoms with van der Waals surface area (Å²) >= 11 is 0. The van der Waals surface area contributed by atoms with Gasteiger partial charge in [0, 0.05) is 28.8 Å². The molecule has 240 valence electrons. The highest BCUT2D eigenvalue weighted by Gasteiger charge is 2.37. The quantitative estimate of drug-likeness (QED) is 0.0691. The number of unbranched alkanes of at least 4 members (excludes halogenated alkanes) is 3. The van der Waals surface area contributed by atoms with Crippen LogP contribution in [0.3, 0.4) is 0 Å². The largest absolute Gasteiger partial charge is 0.480 e. The van der Waals surface area contributed by atoms with E-state index in [0.29, 0.717) is 6.42 Å². The molecule has 2 aromatic rings. The summed E-state index contributed by atoms with van der Waals surface area (Å²) in [4.78, 5) is 24.7. The predicted molar refractivity (Wildman–Crippen MR) is 190 cm³/mol. The van der Waals surface area contributed by atoms with Crippen molar-refractivity contribution in [3.8, 4) is 0 Å². The lowest BCUT2D eigenvalue weighted by atomic mass is 9.63. The number of benzene rings is 2. The summed E-state index contributed by atoms with van der Waals surface area (Å²) in [5.74, 6) is 0.564. The van der Waals surface area contributed by atoms with Gasteiger partial charge in [-0.25, -0.2) is 0 Å². The van der Waals surface area contributed by atoms with Gasteiger partial charge in [0.05, 0.1) is 0 Å². The van der Waals surface area contributed by atoms with Crippen molar-refractivity contribution in [2.24, 2.45) is 0 Å². The molecule has 0 saturated carbocycles. The van der Waals surface area contributed by atoms with Crippen LogP contribution in [-0.4, -0.2) is 47.0 Å². The van der Waals surface area contributed by atoms with E-state index >= 15 is 0 Å². The van der Waals surface area contributed by atoms with Crippen molar-refractivity contribution in [1.82, 2.24) is 5.32 Å². The van der Waals surface area contributed by atoms with Crippen LogP contribution in [-0.2, 0) is 15.6 Å². The summed E-state index contributed by atoms with van der Waals surface area (Å²) in [6, 6.07) is 13.9. The van der Waals surface area contributed by atoms with E-state index in [9.17, 15) is 14.7 Å². The van der Waals surface area contributed by atoms with Gasteiger partial charge in [0.2, 0.25) is 0 Å². The summed E-state index contributed by atoms with van der Waals surface area (Å²) in [6.07, 6.45) is 14.3. The van der Waals surface area contributed by atoms with Crippen LogP contribution in [0.1, 0.15) is 119 Å². The number of carboxylic acid groups (broad SMARTS) is 1. The lowest BCUT2D eigenvalue weighted by Gasteiger charge is -2.42. The number of aliphatic carboxylic acids is 1. The molecule has 7 heteroatoms. The van der Waals surface area contributed by atoms with E-state index in [1.165, 1.54) is 42.6 Å². The number of rotatable bonds is 17. The Morgan fingerprint density at radius 3 is 2.36 bits per heavy atom. The van der Waals surface area contributed by atoms with E-state index in [0.717, 1.165) is 67.3 Å². The van der Waals surface area contributed by atoms with Crippen LogP contribution in [0, 0.1) is 0 Å². The third-order valence-corrected chi connectivity index (χ3v) is 12.3. The minimum atomic E-state index is -0.751. The number of nitrogens with one attached hydrogen (secondary N) is 2. The van der Waals surface area contributed by atoms with Crippen LogP contribution in [0.25, 0.3) is 6.08 Å². The molecular formula is C37H52N2O3S2. The Morgan fingerprint density at radius 1 is 0.932 bits per heavy atom. The van der Waals surface area contributed by atoms with Crippen molar-refractivity contribution in [2.45, 2.75) is 114 Å². The first-order chi connectivity index (χ1) is 21.0. The van der Waals surface area contributed by atoms with Crippen molar-refractivity contribution < 1.29 is 14.7 Å². The molecule has 2 aliphatic rings. The van der Waals surface area contributed by atoms with Crippen molar-refractivity contribution >= 4 is 45.1 Å². The molecule has 44 heavy (non-hydrogen) atoms. The van der Waals surface area contributed by atoms with Crippen LogP contribution < -0.4 is 10.6 Å². The minimum absolute atomic E-state index is 0.0288. The topological polar surface area (TPSA) is 78.4 Å². The van der Waals surface area contributed by atoms with Crippen molar-refractivity contribution in [2.75, 3.05) is 24.2 Å². The number of carbonyl (C=O) groups is 2. The number of hydrogen-bond acceptors (Lipinski definition) is 6. The number of allylic oxidation sites excluding steroid dienone is 1. The fourth-order valence-corrected chi connectivity index (χ4v) is 9.28. The fraction of sp³-hybridized carbons (Fsp3) is 0.568. The van der Waals surface area contributed by atoms with E-state index in [2.05, 4.69) is 50.5 Å². The Kier molecular flexibility index (Phi) is 12.9. The standard InChI is InChI=1S/C37H52N2O3S2/c1-36(2)21-22-37(3,4)32-26-28(15-18-31(32)36)34(40)19-14-27-12-16-29(17-13-27)38-23-9-7-11-33(35(41)42)39-24-8-5-6-10-30-20-25-43-44-30/h12-19,26,30,33,38-39H,5-11,20-25H2,1-4H3,(H,41,42)/b19-14+/t30-,33?/m1/s1. The fourth-order valence-electron chi connectivity index (χ4n) is 6.26. The smallest absolute Gasteiger partial charge is 0.320 e. The molecule has 0 radical (unpaired) electrons. The van der Waals surface area contributed by atoms with Gasteiger partial charge in [-0.15, -0.1) is 0 Å². The van der Waals surface area contributed by atoms with E-state index in [1.807, 2.05) is 58.0 Å². The van der Waals surface area contributed by atoms with Gasteiger partial charge in [0.25, 0.3) is 0 Å². The molecule has 0 bridgehead atoms. The van der Waals surface area contributed by atoms with E-state index in [1.54, 1.807) is 6.08 Å². The molecule has 0 aromatic heterocycles. The number of carbonyl (C=O) groups excluding carboxylic acids is 1. The molecule has 2 aromatic carbocycles. The molecule has 4 rings (SSSR count). The highest BCUT2D eigenvalue weighted by molar-refractivity contribution is 8.77. The summed E-state index contributed by atoms with van der Waals surface area (Å²) < 4.78 is 0. The van der Waals surface area contributed by atoms with E-state index < -0.39 is 12.0 Å². The van der Waals surface area contributed by atoms with E-state index in [-0.39, 0.29) is 16.6 Å². The molecular weight excluding hydrogens is 585 g/mol. The molecule has 1 aliphatic carbocycles. The number of ketones is 1. The molecule has 0 amide bonds. The molecule has 1 heterocycles. The Balaban J connectivity index is 1.15. The van der Waals surface area contributed by atoms with Gasteiger partial charge in [0.15, 0.2) is 5.78 Å². The number of anilines is 1. The predicted octanol–water partition coefficient (Wildman–Crippen LogP) is 9.27. The second-order valence-corrected chi connectivity index (χ2v) is 16.6. The van der Waals surface area contributed by atoms with Crippen LogP contribution in [0.5, 0.6) is 0 Å². The lowest BCUT2D eigenvalue weighted by molar-refractivity contribution is -0.139. The van der Waals surface area contributed by atoms with Crippen molar-refractivity contribution in [3.63, 3.8) is 0 Å². The number of fused-ring (bicyclic) bond motifs is 1. The third-order valence-electron chi connectivity index (χ3n) is 9.34. The summed E-state index contributed by atoms with van der Waals surface area (Å²) in [7, 11) is 4.03.